The minimum absolute atomic E-state index is 0.160. The zero-order valence-electron chi connectivity index (χ0n) is 16.7. The summed E-state index contributed by atoms with van der Waals surface area (Å²) in [7, 11) is 6.42. The molecule has 0 fully saturated rings. The fourth-order valence-corrected chi connectivity index (χ4v) is 3.34. The van der Waals surface area contributed by atoms with Crippen LogP contribution >= 0.6 is 9.69 Å². The van der Waals surface area contributed by atoms with Crippen molar-refractivity contribution in [3.05, 3.63) is 72.3 Å². The summed E-state index contributed by atoms with van der Waals surface area (Å²) in [4.78, 5) is 0. The number of hydrogen-bond acceptors (Lipinski definition) is 3. The van der Waals surface area contributed by atoms with Gasteiger partial charge in [0, 0.05) is 34.7 Å². The van der Waals surface area contributed by atoms with Gasteiger partial charge in [-0.3, -0.25) is 0 Å². The van der Waals surface area contributed by atoms with Crippen LogP contribution in [-0.4, -0.2) is 31.7 Å². The van der Waals surface area contributed by atoms with Crippen molar-refractivity contribution >= 4 is 31.5 Å². The second kappa shape index (κ2) is 10.8. The number of aryl methyl sites for hydroxylation is 1. The van der Waals surface area contributed by atoms with Gasteiger partial charge in [0.05, 0.1) is 13.2 Å². The number of aromatic nitrogens is 1. The van der Waals surface area contributed by atoms with Crippen molar-refractivity contribution in [1.29, 1.82) is 0 Å². The van der Waals surface area contributed by atoms with E-state index in [-0.39, 0.29) is 6.79 Å². The first-order valence-corrected chi connectivity index (χ1v) is 13.2. The Morgan fingerprint density at radius 2 is 1.59 bits per heavy atom. The zero-order chi connectivity index (χ0) is 20.6. The molecule has 0 spiro atoms. The molecule has 0 radical (unpaired) electrons. The Morgan fingerprint density at radius 3 is 2.21 bits per heavy atom. The predicted octanol–water partition coefficient (Wildman–Crippen LogP) is 5.58. The van der Waals surface area contributed by atoms with Gasteiger partial charge in [0.15, 0.2) is 6.79 Å². The Bertz CT molecular complexity index is 1030. The Kier molecular flexibility index (Phi) is 8.08. The second-order valence-corrected chi connectivity index (χ2v) is 6.42. The molecule has 4 nitrogen and oxygen atoms in total. The summed E-state index contributed by atoms with van der Waals surface area (Å²) in [6.45, 7) is 3.26. The van der Waals surface area contributed by atoms with Crippen molar-refractivity contribution in [3.8, 4) is 11.4 Å². The quantitative estimate of drug-likeness (QED) is 0.156. The van der Waals surface area contributed by atoms with Gasteiger partial charge in [0.1, 0.15) is 0 Å². The Labute approximate surface area is 185 Å². The SMILES string of the molecule is COCCOCOc1[c-]cc(C)cc1-n1c2ccccc2c2ccccc21.[Cl][Zn+]. The average Bonchev–Trinajstić information content (AvgIpc) is 3.10. The van der Waals surface area contributed by atoms with Gasteiger partial charge in [-0.15, -0.1) is 12.1 Å². The third-order valence-electron chi connectivity index (χ3n) is 4.57. The maximum atomic E-state index is 5.91. The first-order chi connectivity index (χ1) is 14.3. The number of methoxy groups -OCH3 is 1. The number of hydrogen-bond donors (Lipinski definition) is 0. The van der Waals surface area contributed by atoms with Crippen LogP contribution < -0.4 is 4.74 Å². The molecular formula is C23H22ClNO3Zn. The first kappa shape index (κ1) is 21.8. The van der Waals surface area contributed by atoms with Crippen LogP contribution in [0.15, 0.2) is 60.7 Å². The van der Waals surface area contributed by atoms with E-state index in [0.717, 1.165) is 39.6 Å². The van der Waals surface area contributed by atoms with Crippen LogP contribution in [0.5, 0.6) is 5.75 Å². The van der Waals surface area contributed by atoms with Crippen molar-refractivity contribution < 1.29 is 31.5 Å². The van der Waals surface area contributed by atoms with E-state index in [9.17, 15) is 0 Å². The predicted molar refractivity (Wildman–Crippen MR) is 114 cm³/mol. The van der Waals surface area contributed by atoms with Crippen molar-refractivity contribution in [1.82, 2.24) is 4.57 Å². The number of benzene rings is 3. The molecule has 0 aliphatic carbocycles. The van der Waals surface area contributed by atoms with Crippen molar-refractivity contribution in [2.24, 2.45) is 0 Å². The van der Waals surface area contributed by atoms with E-state index in [1.165, 1.54) is 10.8 Å². The number of para-hydroxylation sites is 2. The Balaban J connectivity index is 0.00000117. The topological polar surface area (TPSA) is 32.6 Å². The minimum atomic E-state index is 0.160. The van der Waals surface area contributed by atoms with Gasteiger partial charge in [0.25, 0.3) is 0 Å². The van der Waals surface area contributed by atoms with Gasteiger partial charge >= 0.3 is 27.0 Å². The molecule has 0 amide bonds. The second-order valence-electron chi connectivity index (χ2n) is 6.42. The number of ether oxygens (including phenoxy) is 3. The van der Waals surface area contributed by atoms with Crippen LogP contribution in [-0.2, 0) is 26.8 Å². The fourth-order valence-electron chi connectivity index (χ4n) is 3.34. The molecular weight excluding hydrogens is 439 g/mol. The van der Waals surface area contributed by atoms with E-state index in [0.29, 0.717) is 19.0 Å². The van der Waals surface area contributed by atoms with Crippen molar-refractivity contribution in [3.63, 3.8) is 0 Å². The summed E-state index contributed by atoms with van der Waals surface area (Å²) >= 11 is 0.847. The first-order valence-electron chi connectivity index (χ1n) is 9.26. The van der Waals surface area contributed by atoms with E-state index < -0.39 is 0 Å². The summed E-state index contributed by atoms with van der Waals surface area (Å²) in [6.07, 6.45) is 0. The molecule has 6 heteroatoms. The molecule has 4 rings (SSSR count). The number of rotatable bonds is 7. The molecule has 0 saturated heterocycles. The number of nitrogens with zero attached hydrogens (tertiary/aromatic N) is 1. The molecule has 0 aliphatic rings. The number of fused-ring (bicyclic) bond motifs is 3. The molecule has 4 aromatic rings. The van der Waals surface area contributed by atoms with Crippen LogP contribution in [0.3, 0.4) is 0 Å². The molecule has 146 valence electrons. The summed E-state index contributed by atoms with van der Waals surface area (Å²) < 4.78 is 18.6. The Morgan fingerprint density at radius 1 is 0.966 bits per heavy atom. The molecule has 0 aliphatic heterocycles. The van der Waals surface area contributed by atoms with Crippen molar-refractivity contribution in [2.45, 2.75) is 6.92 Å². The summed E-state index contributed by atoms with van der Waals surface area (Å²) in [6, 6.07) is 24.2. The molecule has 0 N–H and O–H groups in total. The van der Waals surface area contributed by atoms with E-state index in [2.05, 4.69) is 72.2 Å². The van der Waals surface area contributed by atoms with E-state index in [4.69, 9.17) is 23.9 Å². The monoisotopic (exact) mass is 459 g/mol. The summed E-state index contributed by atoms with van der Waals surface area (Å²) in [5.74, 6) is 0.671. The normalized spacial score (nSPS) is 10.8. The van der Waals surface area contributed by atoms with Gasteiger partial charge in [0.2, 0.25) is 0 Å². The molecule has 0 saturated carbocycles. The van der Waals surface area contributed by atoms with E-state index >= 15 is 0 Å². The number of halogens is 1. The van der Waals surface area contributed by atoms with Crippen LogP contribution in [0.2, 0.25) is 0 Å². The van der Waals surface area contributed by atoms with Crippen LogP contribution in [0.4, 0.5) is 0 Å². The summed E-state index contributed by atoms with van der Waals surface area (Å²) in [5.41, 5.74) is 4.37. The van der Waals surface area contributed by atoms with Gasteiger partial charge < -0.3 is 18.8 Å². The fraction of sp³-hybridized carbons (Fsp3) is 0.217. The third kappa shape index (κ3) is 4.81. The van der Waals surface area contributed by atoms with Crippen LogP contribution in [0.1, 0.15) is 5.56 Å². The maximum absolute atomic E-state index is 5.91. The molecule has 0 atom stereocenters. The molecule has 1 aromatic heterocycles. The standard InChI is InChI=1S/C23H22NO3.ClH.Zn/c1-17-11-12-23(27-16-26-14-13-25-2)22(15-17)24-20-9-5-3-7-18(20)19-8-4-6-10-21(19)24;;/h3-11,15H,13-14,16H2,1-2H3;1H;/q-1;;+2/p-1. The van der Waals surface area contributed by atoms with Crippen LogP contribution in [0, 0.1) is 13.0 Å². The summed E-state index contributed by atoms with van der Waals surface area (Å²) in [5, 5.41) is 2.44. The van der Waals surface area contributed by atoms with Gasteiger partial charge in [-0.1, -0.05) is 43.3 Å². The Hall–Kier alpha value is -1.91. The van der Waals surface area contributed by atoms with E-state index in [1.54, 1.807) is 7.11 Å². The van der Waals surface area contributed by atoms with Gasteiger partial charge in [-0.25, -0.2) is 0 Å². The molecule has 29 heavy (non-hydrogen) atoms. The molecule has 3 aromatic carbocycles. The van der Waals surface area contributed by atoms with Crippen molar-refractivity contribution in [2.75, 3.05) is 27.1 Å². The van der Waals surface area contributed by atoms with Gasteiger partial charge in [-0.05, 0) is 17.8 Å². The third-order valence-corrected chi connectivity index (χ3v) is 4.57. The molecule has 0 bridgehead atoms. The van der Waals surface area contributed by atoms with Gasteiger partial charge in [-0.2, -0.15) is 11.6 Å². The van der Waals surface area contributed by atoms with E-state index in [1.807, 2.05) is 6.07 Å². The molecule has 1 heterocycles. The van der Waals surface area contributed by atoms with Crippen LogP contribution in [0.25, 0.3) is 27.5 Å². The zero-order valence-corrected chi connectivity index (χ0v) is 20.4. The average molecular weight is 461 g/mol. The molecule has 0 unspecified atom stereocenters.